The number of hydrogen-bond acceptors (Lipinski definition) is 4. The van der Waals surface area contributed by atoms with Crippen LogP contribution in [-0.4, -0.2) is 49.3 Å². The molecule has 1 fully saturated rings. The van der Waals surface area contributed by atoms with E-state index < -0.39 is 0 Å². The fourth-order valence-electron chi connectivity index (χ4n) is 2.64. The Hall–Kier alpha value is -1.17. The van der Waals surface area contributed by atoms with Crippen molar-refractivity contribution in [1.82, 2.24) is 4.90 Å². The first-order chi connectivity index (χ1) is 10.1. The van der Waals surface area contributed by atoms with Gasteiger partial charge in [-0.1, -0.05) is 31.3 Å². The summed E-state index contributed by atoms with van der Waals surface area (Å²) in [6.45, 7) is 5.91. The van der Waals surface area contributed by atoms with Gasteiger partial charge in [-0.25, -0.2) is 0 Å². The zero-order valence-electron chi connectivity index (χ0n) is 12.7. The average molecular weight is 308 g/mol. The Labute approximate surface area is 132 Å². The van der Waals surface area contributed by atoms with Gasteiger partial charge in [0.05, 0.1) is 6.10 Å². The van der Waals surface area contributed by atoms with Crippen molar-refractivity contribution in [2.24, 2.45) is 11.7 Å². The molecule has 1 saturated heterocycles. The number of nitrogens with zero attached hydrogens (tertiary/aromatic N) is 1. The molecule has 4 nitrogen and oxygen atoms in total. The third-order valence-corrected chi connectivity index (χ3v) is 4.31. The molecule has 0 aliphatic carbocycles. The molecule has 0 bridgehead atoms. The maximum atomic E-state index is 5.80. The van der Waals surface area contributed by atoms with Crippen molar-refractivity contribution in [2.45, 2.75) is 19.4 Å². The van der Waals surface area contributed by atoms with Crippen molar-refractivity contribution in [2.75, 3.05) is 33.4 Å². The van der Waals surface area contributed by atoms with Crippen molar-refractivity contribution in [1.29, 1.82) is 0 Å². The monoisotopic (exact) mass is 308 g/mol. The average Bonchev–Trinajstić information content (AvgIpc) is 2.49. The fourth-order valence-corrected chi connectivity index (χ4v) is 2.77. The molecule has 1 aromatic carbocycles. The van der Waals surface area contributed by atoms with E-state index in [0.29, 0.717) is 23.6 Å². The number of hydrogen-bond donors (Lipinski definition) is 1. The molecule has 2 N–H and O–H groups in total. The molecule has 2 rings (SSSR count). The van der Waals surface area contributed by atoms with Gasteiger partial charge in [0.25, 0.3) is 0 Å². The predicted molar refractivity (Wildman–Crippen MR) is 88.8 cm³/mol. The van der Waals surface area contributed by atoms with E-state index >= 15 is 0 Å². The highest BCUT2D eigenvalue weighted by Gasteiger charge is 2.25. The molecule has 1 heterocycles. The lowest BCUT2D eigenvalue weighted by atomic mass is 9.96. The standard InChI is InChI=1S/C16H24N2O2S/c1-12-6-7-18(11-15(12)19-2)8-9-20-14-5-3-4-13(10-14)16(17)21/h3-5,10,12,15H,6-9,11H2,1-2H3,(H2,17,21). The number of nitrogens with two attached hydrogens (primary N) is 1. The van der Waals surface area contributed by atoms with E-state index in [1.54, 1.807) is 7.11 Å². The summed E-state index contributed by atoms with van der Waals surface area (Å²) in [6, 6.07) is 7.62. The predicted octanol–water partition coefficient (Wildman–Crippen LogP) is 2.06. The van der Waals surface area contributed by atoms with Crippen LogP contribution < -0.4 is 10.5 Å². The number of methoxy groups -OCH3 is 1. The number of thiocarbonyl (C=S) groups is 1. The molecular weight excluding hydrogens is 284 g/mol. The van der Waals surface area contributed by atoms with Gasteiger partial charge in [-0.3, -0.25) is 4.90 Å². The van der Waals surface area contributed by atoms with Gasteiger partial charge in [0.1, 0.15) is 17.3 Å². The van der Waals surface area contributed by atoms with Crippen LogP contribution in [0, 0.1) is 5.92 Å². The minimum absolute atomic E-state index is 0.330. The van der Waals surface area contributed by atoms with Crippen LogP contribution in [0.2, 0.25) is 0 Å². The molecule has 0 spiro atoms. The van der Waals surface area contributed by atoms with Crippen molar-refractivity contribution in [3.05, 3.63) is 29.8 Å². The van der Waals surface area contributed by atoms with Gasteiger partial charge in [-0.05, 0) is 31.0 Å². The van der Waals surface area contributed by atoms with E-state index in [1.165, 1.54) is 6.42 Å². The SMILES string of the molecule is COC1CN(CCOc2cccc(C(N)=S)c2)CCC1C. The van der Waals surface area contributed by atoms with E-state index in [4.69, 9.17) is 27.4 Å². The molecule has 5 heteroatoms. The van der Waals surface area contributed by atoms with Gasteiger partial charge < -0.3 is 15.2 Å². The Morgan fingerprint density at radius 1 is 1.48 bits per heavy atom. The van der Waals surface area contributed by atoms with E-state index in [9.17, 15) is 0 Å². The lowest BCUT2D eigenvalue weighted by Gasteiger charge is -2.36. The highest BCUT2D eigenvalue weighted by molar-refractivity contribution is 7.80. The lowest BCUT2D eigenvalue weighted by Crippen LogP contribution is -2.45. The number of benzene rings is 1. The third-order valence-electron chi connectivity index (χ3n) is 4.07. The molecule has 2 atom stereocenters. The first-order valence-electron chi connectivity index (χ1n) is 7.38. The van der Waals surface area contributed by atoms with Gasteiger partial charge in [0, 0.05) is 25.8 Å². The molecule has 2 unspecified atom stereocenters. The zero-order valence-corrected chi connectivity index (χ0v) is 13.6. The van der Waals surface area contributed by atoms with Gasteiger partial charge >= 0.3 is 0 Å². The lowest BCUT2D eigenvalue weighted by molar-refractivity contribution is -0.00788. The summed E-state index contributed by atoms with van der Waals surface area (Å²) in [7, 11) is 1.79. The molecule has 0 amide bonds. The van der Waals surface area contributed by atoms with E-state index in [2.05, 4.69) is 11.8 Å². The summed E-state index contributed by atoms with van der Waals surface area (Å²) < 4.78 is 11.3. The fraction of sp³-hybridized carbons (Fsp3) is 0.562. The molecule has 1 aliphatic heterocycles. The van der Waals surface area contributed by atoms with Crippen molar-refractivity contribution in [3.8, 4) is 5.75 Å². The summed E-state index contributed by atoms with van der Waals surface area (Å²) in [5.41, 5.74) is 6.47. The molecule has 0 saturated carbocycles. The van der Waals surface area contributed by atoms with Crippen LogP contribution in [0.15, 0.2) is 24.3 Å². The van der Waals surface area contributed by atoms with Gasteiger partial charge in [0.2, 0.25) is 0 Å². The maximum Gasteiger partial charge on any atom is 0.120 e. The van der Waals surface area contributed by atoms with Crippen LogP contribution in [0.5, 0.6) is 5.75 Å². The van der Waals surface area contributed by atoms with Crippen molar-refractivity contribution < 1.29 is 9.47 Å². The molecule has 1 aromatic rings. The summed E-state index contributed by atoms with van der Waals surface area (Å²) >= 11 is 4.97. The van der Waals surface area contributed by atoms with Crippen LogP contribution in [0.3, 0.4) is 0 Å². The van der Waals surface area contributed by atoms with Gasteiger partial charge in [0.15, 0.2) is 0 Å². The minimum atomic E-state index is 0.330. The van der Waals surface area contributed by atoms with E-state index in [1.807, 2.05) is 24.3 Å². The Balaban J connectivity index is 1.79. The van der Waals surface area contributed by atoms with E-state index in [0.717, 1.165) is 30.9 Å². The van der Waals surface area contributed by atoms with Gasteiger partial charge in [-0.15, -0.1) is 0 Å². The summed E-state index contributed by atoms with van der Waals surface area (Å²) in [4.78, 5) is 2.79. The highest BCUT2D eigenvalue weighted by atomic mass is 32.1. The Morgan fingerprint density at radius 3 is 3.00 bits per heavy atom. The van der Waals surface area contributed by atoms with Crippen LogP contribution in [-0.2, 0) is 4.74 Å². The number of rotatable bonds is 6. The second kappa shape index (κ2) is 7.73. The van der Waals surface area contributed by atoms with Gasteiger partial charge in [-0.2, -0.15) is 0 Å². The first-order valence-corrected chi connectivity index (χ1v) is 7.79. The van der Waals surface area contributed by atoms with Crippen LogP contribution in [0.1, 0.15) is 18.9 Å². The number of piperidine rings is 1. The third kappa shape index (κ3) is 4.66. The van der Waals surface area contributed by atoms with Crippen molar-refractivity contribution in [3.63, 3.8) is 0 Å². The summed E-state index contributed by atoms with van der Waals surface area (Å²) in [5, 5.41) is 0. The summed E-state index contributed by atoms with van der Waals surface area (Å²) in [6.07, 6.45) is 1.51. The van der Waals surface area contributed by atoms with Crippen molar-refractivity contribution >= 4 is 17.2 Å². The first kappa shape index (κ1) is 16.2. The molecule has 1 aliphatic rings. The number of likely N-dealkylation sites (tertiary alicyclic amines) is 1. The largest absolute Gasteiger partial charge is 0.492 e. The van der Waals surface area contributed by atoms with Crippen LogP contribution in [0.25, 0.3) is 0 Å². The maximum absolute atomic E-state index is 5.80. The molecule has 0 aromatic heterocycles. The normalized spacial score (nSPS) is 23.0. The van der Waals surface area contributed by atoms with Crippen LogP contribution >= 0.6 is 12.2 Å². The smallest absolute Gasteiger partial charge is 0.120 e. The molecular formula is C16H24N2O2S. The Kier molecular flexibility index (Phi) is 5.96. The minimum Gasteiger partial charge on any atom is -0.492 e. The quantitative estimate of drug-likeness (QED) is 0.815. The summed E-state index contributed by atoms with van der Waals surface area (Å²) in [5.74, 6) is 1.45. The Bertz CT molecular complexity index is 481. The second-order valence-electron chi connectivity index (χ2n) is 5.58. The topological polar surface area (TPSA) is 47.7 Å². The second-order valence-corrected chi connectivity index (χ2v) is 6.02. The Morgan fingerprint density at radius 2 is 2.29 bits per heavy atom. The van der Waals surface area contributed by atoms with Crippen LogP contribution in [0.4, 0.5) is 0 Å². The number of ether oxygens (including phenoxy) is 2. The zero-order chi connectivity index (χ0) is 15.2. The van der Waals surface area contributed by atoms with E-state index in [-0.39, 0.29) is 0 Å². The molecule has 21 heavy (non-hydrogen) atoms. The molecule has 116 valence electrons. The highest BCUT2D eigenvalue weighted by Crippen LogP contribution is 2.19. The molecule has 0 radical (unpaired) electrons.